The summed E-state index contributed by atoms with van der Waals surface area (Å²) in [5.74, 6) is -0.756. The zero-order valence-electron chi connectivity index (χ0n) is 8.44. The molecule has 4 heteroatoms. The average molecular weight is 273 g/mol. The summed E-state index contributed by atoms with van der Waals surface area (Å²) in [6.45, 7) is 2.27. The van der Waals surface area contributed by atoms with Crippen LogP contribution in [0.1, 0.15) is 12.5 Å². The van der Waals surface area contributed by atoms with E-state index in [-0.39, 0.29) is 12.7 Å². The molecule has 15 heavy (non-hydrogen) atoms. The van der Waals surface area contributed by atoms with E-state index in [1.54, 1.807) is 0 Å². The highest BCUT2D eigenvalue weighted by molar-refractivity contribution is 9.10. The first-order chi connectivity index (χ1) is 7.15. The van der Waals surface area contributed by atoms with Crippen LogP contribution in [0.2, 0.25) is 0 Å². The largest absolute Gasteiger partial charge is 0.394 e. The van der Waals surface area contributed by atoms with E-state index in [1.807, 2.05) is 31.2 Å². The van der Waals surface area contributed by atoms with Gasteiger partial charge in [-0.2, -0.15) is 0 Å². The number of aliphatic hydroxyl groups excluding tert-OH is 1. The van der Waals surface area contributed by atoms with E-state index in [0.29, 0.717) is 6.61 Å². The Kier molecular flexibility index (Phi) is 3.11. The van der Waals surface area contributed by atoms with E-state index >= 15 is 0 Å². The normalized spacial score (nSPS) is 30.7. The molecule has 1 saturated heterocycles. The molecule has 1 N–H and O–H groups in total. The maximum atomic E-state index is 9.00. The van der Waals surface area contributed by atoms with Crippen LogP contribution in [0.25, 0.3) is 0 Å². The fraction of sp³-hybridized carbons (Fsp3) is 0.455. The lowest BCUT2D eigenvalue weighted by Crippen LogP contribution is -2.25. The summed E-state index contributed by atoms with van der Waals surface area (Å²) >= 11 is 3.46. The van der Waals surface area contributed by atoms with E-state index in [0.717, 1.165) is 10.0 Å². The number of hydrogen-bond acceptors (Lipinski definition) is 3. The predicted molar refractivity (Wildman–Crippen MR) is 59.4 cm³/mol. The highest BCUT2D eigenvalue weighted by Gasteiger charge is 2.39. The Hall–Kier alpha value is -0.420. The molecule has 0 aromatic heterocycles. The fourth-order valence-electron chi connectivity index (χ4n) is 1.70. The molecule has 3 nitrogen and oxygen atoms in total. The summed E-state index contributed by atoms with van der Waals surface area (Å²) in [6, 6.07) is 7.77. The van der Waals surface area contributed by atoms with Crippen molar-refractivity contribution in [3.8, 4) is 0 Å². The molecule has 1 aromatic carbocycles. The first-order valence-corrected chi connectivity index (χ1v) is 5.62. The third-order valence-electron chi connectivity index (χ3n) is 2.50. The zero-order chi connectivity index (χ0) is 10.9. The Morgan fingerprint density at radius 1 is 1.53 bits per heavy atom. The molecule has 1 aliphatic rings. The van der Waals surface area contributed by atoms with Crippen molar-refractivity contribution < 1.29 is 14.6 Å². The maximum absolute atomic E-state index is 9.00. The molecule has 2 atom stereocenters. The number of benzene rings is 1. The molecule has 2 unspecified atom stereocenters. The van der Waals surface area contributed by atoms with Gasteiger partial charge in [0.2, 0.25) is 0 Å². The van der Waals surface area contributed by atoms with Crippen molar-refractivity contribution in [1.82, 2.24) is 0 Å². The van der Waals surface area contributed by atoms with E-state index in [1.165, 1.54) is 0 Å². The highest BCUT2D eigenvalue weighted by Crippen LogP contribution is 2.37. The SMILES string of the molecule is CC1(c2ccccc2Br)OCC(CO)O1. The minimum atomic E-state index is -0.756. The Morgan fingerprint density at radius 3 is 2.87 bits per heavy atom. The van der Waals surface area contributed by atoms with Gasteiger partial charge in [0.25, 0.3) is 0 Å². The van der Waals surface area contributed by atoms with Crippen molar-refractivity contribution in [1.29, 1.82) is 0 Å². The van der Waals surface area contributed by atoms with Crippen molar-refractivity contribution in [2.45, 2.75) is 18.8 Å². The van der Waals surface area contributed by atoms with Crippen LogP contribution in [0.4, 0.5) is 0 Å². The smallest absolute Gasteiger partial charge is 0.193 e. The standard InChI is InChI=1S/C11H13BrO3/c1-11(14-7-8(6-13)15-11)9-4-2-3-5-10(9)12/h2-5,8,13H,6-7H2,1H3. The van der Waals surface area contributed by atoms with E-state index in [2.05, 4.69) is 15.9 Å². The number of aliphatic hydroxyl groups is 1. The lowest BCUT2D eigenvalue weighted by atomic mass is 10.1. The number of halogens is 1. The molecule has 1 aliphatic heterocycles. The summed E-state index contributed by atoms with van der Waals surface area (Å²) < 4.78 is 12.2. The van der Waals surface area contributed by atoms with Gasteiger partial charge in [-0.1, -0.05) is 34.1 Å². The lowest BCUT2D eigenvalue weighted by Gasteiger charge is -2.24. The summed E-state index contributed by atoms with van der Waals surface area (Å²) in [5.41, 5.74) is 0.945. The van der Waals surface area contributed by atoms with Crippen LogP contribution in [-0.4, -0.2) is 24.4 Å². The van der Waals surface area contributed by atoms with E-state index in [9.17, 15) is 0 Å². The third kappa shape index (κ3) is 2.08. The van der Waals surface area contributed by atoms with Gasteiger partial charge in [0.1, 0.15) is 6.10 Å². The molecule has 0 bridgehead atoms. The quantitative estimate of drug-likeness (QED) is 0.896. The second-order valence-electron chi connectivity index (χ2n) is 3.66. The summed E-state index contributed by atoms with van der Waals surface area (Å²) in [5, 5.41) is 9.00. The minimum absolute atomic E-state index is 0.0138. The average Bonchev–Trinajstić information content (AvgIpc) is 2.62. The number of ether oxygens (including phenoxy) is 2. The van der Waals surface area contributed by atoms with Gasteiger partial charge < -0.3 is 14.6 Å². The molecule has 0 spiro atoms. The van der Waals surface area contributed by atoms with Crippen LogP contribution in [0.5, 0.6) is 0 Å². The monoisotopic (exact) mass is 272 g/mol. The Morgan fingerprint density at radius 2 is 2.27 bits per heavy atom. The Labute approximate surface area is 97.1 Å². The molecular weight excluding hydrogens is 260 g/mol. The molecule has 2 rings (SSSR count). The van der Waals surface area contributed by atoms with Crippen LogP contribution < -0.4 is 0 Å². The van der Waals surface area contributed by atoms with Crippen LogP contribution in [0.3, 0.4) is 0 Å². The third-order valence-corrected chi connectivity index (χ3v) is 3.19. The summed E-state index contributed by atoms with van der Waals surface area (Å²) in [7, 11) is 0. The van der Waals surface area contributed by atoms with Crippen LogP contribution in [0, 0.1) is 0 Å². The molecule has 82 valence electrons. The summed E-state index contributed by atoms with van der Waals surface area (Å²) in [4.78, 5) is 0. The zero-order valence-corrected chi connectivity index (χ0v) is 10.0. The van der Waals surface area contributed by atoms with Gasteiger partial charge >= 0.3 is 0 Å². The van der Waals surface area contributed by atoms with E-state index in [4.69, 9.17) is 14.6 Å². The van der Waals surface area contributed by atoms with Crippen molar-refractivity contribution in [2.24, 2.45) is 0 Å². The Balaban J connectivity index is 2.27. The molecule has 1 heterocycles. The second-order valence-corrected chi connectivity index (χ2v) is 4.51. The predicted octanol–water partition coefficient (Wildman–Crippen LogP) is 2.03. The topological polar surface area (TPSA) is 38.7 Å². The molecular formula is C11H13BrO3. The highest BCUT2D eigenvalue weighted by atomic mass is 79.9. The fourth-order valence-corrected chi connectivity index (χ4v) is 2.34. The second kappa shape index (κ2) is 4.22. The van der Waals surface area contributed by atoms with Gasteiger partial charge in [-0.25, -0.2) is 0 Å². The van der Waals surface area contributed by atoms with E-state index < -0.39 is 5.79 Å². The van der Waals surface area contributed by atoms with Gasteiger partial charge in [0.15, 0.2) is 5.79 Å². The Bertz CT molecular complexity index is 355. The summed E-state index contributed by atoms with van der Waals surface area (Å²) in [6.07, 6.45) is -0.234. The molecule has 0 aliphatic carbocycles. The van der Waals surface area contributed by atoms with Crippen molar-refractivity contribution >= 4 is 15.9 Å². The van der Waals surface area contributed by atoms with Crippen LogP contribution in [0.15, 0.2) is 28.7 Å². The minimum Gasteiger partial charge on any atom is -0.394 e. The van der Waals surface area contributed by atoms with Crippen LogP contribution in [-0.2, 0) is 15.3 Å². The molecule has 1 fully saturated rings. The first-order valence-electron chi connectivity index (χ1n) is 4.83. The van der Waals surface area contributed by atoms with Gasteiger partial charge in [-0.05, 0) is 13.0 Å². The molecule has 0 saturated carbocycles. The number of rotatable bonds is 2. The van der Waals surface area contributed by atoms with Gasteiger partial charge in [0.05, 0.1) is 13.2 Å². The maximum Gasteiger partial charge on any atom is 0.193 e. The van der Waals surface area contributed by atoms with Crippen molar-refractivity contribution in [3.05, 3.63) is 34.3 Å². The van der Waals surface area contributed by atoms with Gasteiger partial charge in [0, 0.05) is 10.0 Å². The molecule has 0 amide bonds. The first kappa shape index (κ1) is 11.1. The molecule has 0 radical (unpaired) electrons. The van der Waals surface area contributed by atoms with Crippen LogP contribution >= 0.6 is 15.9 Å². The number of hydrogen-bond donors (Lipinski definition) is 1. The molecule has 1 aromatic rings. The van der Waals surface area contributed by atoms with Gasteiger partial charge in [-0.3, -0.25) is 0 Å². The van der Waals surface area contributed by atoms with Gasteiger partial charge in [-0.15, -0.1) is 0 Å². The van der Waals surface area contributed by atoms with Crippen molar-refractivity contribution in [3.63, 3.8) is 0 Å². The lowest BCUT2D eigenvalue weighted by molar-refractivity contribution is -0.165. The van der Waals surface area contributed by atoms with Crippen molar-refractivity contribution in [2.75, 3.05) is 13.2 Å².